The van der Waals surface area contributed by atoms with Crippen molar-refractivity contribution in [3.05, 3.63) is 72.1 Å². The van der Waals surface area contributed by atoms with Gasteiger partial charge in [0.15, 0.2) is 0 Å². The Kier molecular flexibility index (Phi) is 7.19. The van der Waals surface area contributed by atoms with Crippen molar-refractivity contribution in [2.24, 2.45) is 0 Å². The summed E-state index contributed by atoms with van der Waals surface area (Å²) < 4.78 is 26.3. The number of fused-ring (bicyclic) bond motifs is 12. The van der Waals surface area contributed by atoms with Crippen LogP contribution in [0, 0.1) is 0 Å². The predicted octanol–water partition coefficient (Wildman–Crippen LogP) is 2.66. The molecule has 6 rings (SSSR count). The van der Waals surface area contributed by atoms with E-state index in [1.54, 1.807) is 0 Å². The molecule has 4 bridgehead atoms. The van der Waals surface area contributed by atoms with E-state index in [0.717, 1.165) is 39.7 Å². The molecule has 1 N–H and O–H groups in total. The molecule has 0 spiro atoms. The summed E-state index contributed by atoms with van der Waals surface area (Å²) in [4.78, 5) is 51.2. The number of aryl methyl sites for hydroxylation is 1. The van der Waals surface area contributed by atoms with Crippen LogP contribution in [0.3, 0.4) is 0 Å². The van der Waals surface area contributed by atoms with Crippen LogP contribution in [0.5, 0.6) is 0 Å². The third-order valence-corrected chi connectivity index (χ3v) is 8.02. The van der Waals surface area contributed by atoms with Gasteiger partial charge in [-0.3, -0.25) is 18.7 Å². The molecule has 0 saturated heterocycles. The van der Waals surface area contributed by atoms with Gasteiger partial charge in [-0.25, -0.2) is 4.90 Å². The minimum absolute atomic E-state index is 0.0304. The monoisotopic (exact) mass is 577 g/mol. The SMILES string of the molecule is CN(C)C[C@@H]1CCn2cc(c3ccccc32)C2=C(C(=O)N(COP(=O)([O-])O)C2=O)c2cn(c3ccccc23)CCO1. The van der Waals surface area contributed by atoms with Gasteiger partial charge in [0.2, 0.25) is 0 Å². The van der Waals surface area contributed by atoms with Crippen molar-refractivity contribution in [3.8, 4) is 0 Å². The highest BCUT2D eigenvalue weighted by Crippen LogP contribution is 2.43. The number of imide groups is 1. The van der Waals surface area contributed by atoms with Gasteiger partial charge in [0.1, 0.15) is 6.73 Å². The summed E-state index contributed by atoms with van der Waals surface area (Å²) in [5, 5.41) is 1.55. The lowest BCUT2D eigenvalue weighted by Gasteiger charge is -2.22. The number of hydrogen-bond donors (Lipinski definition) is 1. The molecule has 4 heterocycles. The Morgan fingerprint density at radius 1 is 0.951 bits per heavy atom. The fourth-order valence-corrected chi connectivity index (χ4v) is 6.08. The van der Waals surface area contributed by atoms with Gasteiger partial charge in [-0.1, -0.05) is 36.4 Å². The number of phosphoric acid groups is 1. The highest BCUT2D eigenvalue weighted by Gasteiger charge is 2.42. The second-order valence-electron chi connectivity index (χ2n) is 10.6. The zero-order valence-electron chi connectivity index (χ0n) is 22.7. The molecule has 214 valence electrons. The summed E-state index contributed by atoms with van der Waals surface area (Å²) in [5.41, 5.74) is 3.18. The summed E-state index contributed by atoms with van der Waals surface area (Å²) in [6.45, 7) is 1.41. The van der Waals surface area contributed by atoms with Gasteiger partial charge < -0.3 is 28.6 Å². The van der Waals surface area contributed by atoms with E-state index in [9.17, 15) is 23.9 Å². The standard InChI is InChI=1S/C29H31N4O7P/c1-30(2)15-19-11-12-31-16-22(20-7-3-5-9-24(20)31)26-27(29(35)33(28(26)34)18-40-41(36,37)38)23-17-32(13-14-39-19)25-10-6-4-8-21(23)25/h3-10,16-17,19H,11-15,18H2,1-2H3,(H2,36,37,38)/p-1/t19-/m0/s1. The lowest BCUT2D eigenvalue weighted by atomic mass is 9.95. The normalized spacial score (nSPS) is 19.7. The number of likely N-dealkylation sites (N-methyl/N-ethyl adjacent to an activating group) is 1. The lowest BCUT2D eigenvalue weighted by molar-refractivity contribution is -0.222. The first-order valence-electron chi connectivity index (χ1n) is 13.3. The van der Waals surface area contributed by atoms with Crippen LogP contribution in [0.4, 0.5) is 0 Å². The number of hydrogen-bond acceptors (Lipinski definition) is 7. The molecule has 41 heavy (non-hydrogen) atoms. The van der Waals surface area contributed by atoms with E-state index in [2.05, 4.69) is 14.0 Å². The summed E-state index contributed by atoms with van der Waals surface area (Å²) in [5.74, 6) is -1.40. The van der Waals surface area contributed by atoms with E-state index in [-0.39, 0.29) is 17.3 Å². The van der Waals surface area contributed by atoms with Crippen molar-refractivity contribution in [2.45, 2.75) is 25.6 Å². The Hall–Kier alpha value is -3.57. The molecule has 0 aliphatic carbocycles. The Balaban J connectivity index is 1.59. The first-order chi connectivity index (χ1) is 19.6. The van der Waals surface area contributed by atoms with Gasteiger partial charge >= 0.3 is 0 Å². The van der Waals surface area contributed by atoms with Gasteiger partial charge in [-0.05, 0) is 32.6 Å². The van der Waals surface area contributed by atoms with Gasteiger partial charge in [-0.15, -0.1) is 0 Å². The number of ether oxygens (including phenoxy) is 1. The fourth-order valence-electron chi connectivity index (χ4n) is 5.82. The number of carbonyl (C=O) groups is 2. The number of carbonyl (C=O) groups excluding carboxylic acids is 2. The van der Waals surface area contributed by atoms with Gasteiger partial charge in [-0.2, -0.15) is 0 Å². The number of para-hydroxylation sites is 2. The maximum absolute atomic E-state index is 13.9. The first kappa shape index (κ1) is 27.6. The van der Waals surface area contributed by atoms with Gasteiger partial charge in [0.05, 0.1) is 23.9 Å². The Labute approximate surface area is 236 Å². The van der Waals surface area contributed by atoms with Crippen molar-refractivity contribution >= 4 is 52.6 Å². The van der Waals surface area contributed by atoms with E-state index >= 15 is 0 Å². The Morgan fingerprint density at radius 3 is 2.02 bits per heavy atom. The molecule has 1 unspecified atom stereocenters. The van der Waals surface area contributed by atoms with E-state index in [0.29, 0.717) is 30.8 Å². The lowest BCUT2D eigenvalue weighted by Crippen LogP contribution is -2.34. The maximum atomic E-state index is 13.9. The summed E-state index contributed by atoms with van der Waals surface area (Å²) in [6.07, 6.45) is 4.41. The molecule has 2 aliphatic heterocycles. The van der Waals surface area contributed by atoms with Crippen LogP contribution in [0.15, 0.2) is 60.9 Å². The van der Waals surface area contributed by atoms with Crippen molar-refractivity contribution < 1.29 is 33.2 Å². The minimum Gasteiger partial charge on any atom is -0.756 e. The van der Waals surface area contributed by atoms with Crippen molar-refractivity contribution in [1.82, 2.24) is 18.9 Å². The number of phosphoric ester groups is 1. The number of benzene rings is 2. The molecule has 2 aromatic carbocycles. The summed E-state index contributed by atoms with van der Waals surface area (Å²) >= 11 is 0. The number of amides is 2. The summed E-state index contributed by atoms with van der Waals surface area (Å²) in [7, 11) is -1.17. The maximum Gasteiger partial charge on any atom is 0.266 e. The van der Waals surface area contributed by atoms with Crippen LogP contribution in [-0.2, 0) is 36.5 Å². The zero-order valence-corrected chi connectivity index (χ0v) is 23.6. The molecule has 11 nitrogen and oxygen atoms in total. The van der Waals surface area contributed by atoms with Gasteiger partial charge in [0, 0.05) is 65.0 Å². The van der Waals surface area contributed by atoms with Crippen LogP contribution in [0.1, 0.15) is 17.5 Å². The number of nitrogens with zero attached hydrogens (tertiary/aromatic N) is 4. The molecule has 0 saturated carbocycles. The second kappa shape index (κ2) is 10.7. The quantitative estimate of drug-likeness (QED) is 0.283. The zero-order chi connectivity index (χ0) is 28.9. The molecule has 0 fully saturated rings. The molecule has 2 aliphatic rings. The van der Waals surface area contributed by atoms with E-state index in [1.807, 2.05) is 79.6 Å². The molecular weight excluding hydrogens is 547 g/mol. The highest BCUT2D eigenvalue weighted by molar-refractivity contribution is 7.44. The van der Waals surface area contributed by atoms with Crippen LogP contribution < -0.4 is 4.89 Å². The fraction of sp³-hybridized carbons (Fsp3) is 0.310. The molecular formula is C29H30N4O7P-. The molecule has 4 aromatic rings. The third kappa shape index (κ3) is 5.17. The van der Waals surface area contributed by atoms with E-state index < -0.39 is 26.4 Å². The predicted molar refractivity (Wildman–Crippen MR) is 151 cm³/mol. The summed E-state index contributed by atoms with van der Waals surface area (Å²) in [6, 6.07) is 15.3. The molecule has 12 heteroatoms. The molecule has 0 radical (unpaired) electrons. The van der Waals surface area contributed by atoms with Crippen molar-refractivity contribution in [2.75, 3.05) is 34.0 Å². The second-order valence-corrected chi connectivity index (χ2v) is 11.8. The van der Waals surface area contributed by atoms with Crippen LogP contribution in [0.2, 0.25) is 0 Å². The third-order valence-electron chi connectivity index (χ3n) is 7.58. The average Bonchev–Trinajstić information content (AvgIpc) is 3.54. The number of rotatable bonds is 5. The Morgan fingerprint density at radius 2 is 1.49 bits per heavy atom. The molecule has 2 amide bonds. The topological polar surface area (TPSA) is 129 Å². The molecule has 2 atom stereocenters. The molecule has 2 aromatic heterocycles. The Bertz CT molecular complexity index is 1750. The van der Waals surface area contributed by atoms with Crippen LogP contribution in [-0.4, -0.2) is 75.7 Å². The van der Waals surface area contributed by atoms with Crippen molar-refractivity contribution in [3.63, 3.8) is 0 Å². The van der Waals surface area contributed by atoms with Gasteiger partial charge in [0.25, 0.3) is 19.6 Å². The minimum atomic E-state index is -5.19. The van der Waals surface area contributed by atoms with Crippen LogP contribution >= 0.6 is 7.82 Å². The average molecular weight is 578 g/mol. The number of aromatic nitrogens is 2. The van der Waals surface area contributed by atoms with E-state index in [4.69, 9.17) is 4.74 Å². The largest absolute Gasteiger partial charge is 0.756 e. The highest BCUT2D eigenvalue weighted by atomic mass is 31.2. The van der Waals surface area contributed by atoms with Crippen LogP contribution in [0.25, 0.3) is 33.0 Å². The van der Waals surface area contributed by atoms with E-state index in [1.165, 1.54) is 0 Å². The first-order valence-corrected chi connectivity index (χ1v) is 14.8. The smallest absolute Gasteiger partial charge is 0.266 e. The van der Waals surface area contributed by atoms with Crippen molar-refractivity contribution in [1.29, 1.82) is 0 Å².